The van der Waals surface area contributed by atoms with E-state index in [1.165, 1.54) is 10.9 Å². The van der Waals surface area contributed by atoms with Gasteiger partial charge in [-0.25, -0.2) is 4.68 Å². The number of nitro groups is 1. The molecule has 0 spiro atoms. The van der Waals surface area contributed by atoms with Crippen molar-refractivity contribution < 1.29 is 9.72 Å². The van der Waals surface area contributed by atoms with Crippen molar-refractivity contribution in [2.75, 3.05) is 5.32 Å². The molecular weight excluding hydrogens is 316 g/mol. The molecular formula is C13H16N8O3. The summed E-state index contributed by atoms with van der Waals surface area (Å²) in [5.74, 6) is 0.260. The molecule has 3 rings (SSSR count). The second-order valence-electron chi connectivity index (χ2n) is 5.24. The number of hydrogen-bond donors (Lipinski definition) is 2. The van der Waals surface area contributed by atoms with E-state index in [2.05, 4.69) is 25.7 Å². The molecule has 2 N–H and O–H groups in total. The van der Waals surface area contributed by atoms with Crippen molar-refractivity contribution in [3.63, 3.8) is 0 Å². The van der Waals surface area contributed by atoms with Crippen LogP contribution in [0, 0.1) is 10.1 Å². The zero-order valence-corrected chi connectivity index (χ0v) is 13.2. The van der Waals surface area contributed by atoms with E-state index >= 15 is 0 Å². The lowest BCUT2D eigenvalue weighted by Crippen LogP contribution is -2.15. The molecule has 3 heterocycles. The van der Waals surface area contributed by atoms with Gasteiger partial charge in [-0.15, -0.1) is 0 Å². The number of rotatable bonds is 6. The summed E-state index contributed by atoms with van der Waals surface area (Å²) in [6, 6.07) is 0. The number of hydrogen-bond acceptors (Lipinski definition) is 6. The molecule has 0 saturated carbocycles. The average molecular weight is 332 g/mol. The number of fused-ring (bicyclic) bond motifs is 1. The van der Waals surface area contributed by atoms with Crippen molar-refractivity contribution in [3.8, 4) is 0 Å². The van der Waals surface area contributed by atoms with E-state index in [1.54, 1.807) is 11.7 Å². The van der Waals surface area contributed by atoms with Gasteiger partial charge < -0.3 is 5.32 Å². The number of aromatic amines is 1. The molecule has 0 bridgehead atoms. The zero-order chi connectivity index (χ0) is 17.3. The van der Waals surface area contributed by atoms with Gasteiger partial charge in [-0.3, -0.25) is 24.7 Å². The number of aromatic nitrogens is 6. The van der Waals surface area contributed by atoms with Crippen LogP contribution in [0.15, 0.2) is 12.4 Å². The van der Waals surface area contributed by atoms with Crippen LogP contribution in [0.25, 0.3) is 11.0 Å². The monoisotopic (exact) mass is 332 g/mol. The minimum Gasteiger partial charge on any atom is -0.310 e. The van der Waals surface area contributed by atoms with Crippen LogP contribution in [0.4, 0.5) is 11.5 Å². The summed E-state index contributed by atoms with van der Waals surface area (Å²) in [6.07, 6.45) is 3.29. The highest BCUT2D eigenvalue weighted by atomic mass is 16.6. The molecule has 3 aromatic rings. The molecule has 0 fully saturated rings. The van der Waals surface area contributed by atoms with Gasteiger partial charge in [0.1, 0.15) is 18.2 Å². The number of H-pyrrole nitrogens is 1. The van der Waals surface area contributed by atoms with Gasteiger partial charge in [0.25, 0.3) is 0 Å². The third-order valence-corrected chi connectivity index (χ3v) is 3.61. The van der Waals surface area contributed by atoms with E-state index in [0.29, 0.717) is 11.5 Å². The molecule has 0 atom stereocenters. The number of amides is 1. The minimum absolute atomic E-state index is 0.103. The lowest BCUT2D eigenvalue weighted by atomic mass is 10.2. The Morgan fingerprint density at radius 1 is 1.50 bits per heavy atom. The number of carbonyl (C=O) groups is 1. The average Bonchev–Trinajstić information content (AvgIpc) is 3.23. The fourth-order valence-corrected chi connectivity index (χ4v) is 2.44. The van der Waals surface area contributed by atoms with Gasteiger partial charge in [-0.1, -0.05) is 6.92 Å². The number of anilines is 1. The first-order valence-corrected chi connectivity index (χ1v) is 7.36. The second-order valence-corrected chi connectivity index (χ2v) is 5.24. The first-order chi connectivity index (χ1) is 11.5. The SMILES string of the molecule is CCc1nn(C)c2n[nH]c(NC(=O)CCn3cc([N+](=O)[O-])cn3)c12. The van der Waals surface area contributed by atoms with Crippen molar-refractivity contribution in [3.05, 3.63) is 28.2 Å². The summed E-state index contributed by atoms with van der Waals surface area (Å²) >= 11 is 0. The molecule has 11 heteroatoms. The van der Waals surface area contributed by atoms with Crippen LogP contribution in [0.1, 0.15) is 19.0 Å². The van der Waals surface area contributed by atoms with E-state index in [-0.39, 0.29) is 24.6 Å². The summed E-state index contributed by atoms with van der Waals surface area (Å²) in [6.45, 7) is 2.22. The molecule has 0 aliphatic carbocycles. The van der Waals surface area contributed by atoms with E-state index in [9.17, 15) is 14.9 Å². The summed E-state index contributed by atoms with van der Waals surface area (Å²) in [7, 11) is 1.79. The summed E-state index contributed by atoms with van der Waals surface area (Å²) in [5.41, 5.74) is 1.41. The van der Waals surface area contributed by atoms with Gasteiger partial charge in [-0.05, 0) is 6.42 Å². The van der Waals surface area contributed by atoms with Crippen LogP contribution in [0.5, 0.6) is 0 Å². The number of aryl methyl sites for hydroxylation is 3. The fraction of sp³-hybridized carbons (Fsp3) is 0.385. The molecule has 126 valence electrons. The molecule has 0 aliphatic rings. The first-order valence-electron chi connectivity index (χ1n) is 7.36. The highest BCUT2D eigenvalue weighted by Gasteiger charge is 2.17. The van der Waals surface area contributed by atoms with E-state index in [4.69, 9.17) is 0 Å². The maximum atomic E-state index is 12.1. The Labute approximate surface area is 135 Å². The minimum atomic E-state index is -0.528. The molecule has 1 amide bonds. The highest BCUT2D eigenvalue weighted by molar-refractivity contribution is 5.99. The normalized spacial score (nSPS) is 11.1. The van der Waals surface area contributed by atoms with E-state index < -0.39 is 4.92 Å². The second kappa shape index (κ2) is 6.10. The maximum absolute atomic E-state index is 12.1. The lowest BCUT2D eigenvalue weighted by Gasteiger charge is -2.03. The van der Waals surface area contributed by atoms with Crippen LogP contribution in [-0.4, -0.2) is 40.6 Å². The first kappa shape index (κ1) is 15.6. The van der Waals surface area contributed by atoms with Crippen LogP contribution in [0.3, 0.4) is 0 Å². The molecule has 0 radical (unpaired) electrons. The molecule has 0 aliphatic heterocycles. The molecule has 24 heavy (non-hydrogen) atoms. The Kier molecular flexibility index (Phi) is 3.98. The Hall–Kier alpha value is -3.24. The summed E-state index contributed by atoms with van der Waals surface area (Å²) in [4.78, 5) is 22.2. The fourth-order valence-electron chi connectivity index (χ4n) is 2.44. The smallest absolute Gasteiger partial charge is 0.306 e. The Morgan fingerprint density at radius 2 is 2.29 bits per heavy atom. The van der Waals surface area contributed by atoms with Crippen molar-refractivity contribution in [1.82, 2.24) is 29.8 Å². The Morgan fingerprint density at radius 3 is 2.96 bits per heavy atom. The number of carbonyl (C=O) groups excluding carboxylic acids is 1. The predicted molar refractivity (Wildman–Crippen MR) is 84.4 cm³/mol. The summed E-state index contributed by atoms with van der Waals surface area (Å²) < 4.78 is 3.02. The standard InChI is InChI=1S/C13H16N8O3/c1-3-9-11-12(16-17-13(11)19(2)18-9)15-10(22)4-5-20-7-8(6-14-20)21(23)24/h6-7H,3-5H2,1-2H3,(H2,15,16,17,22). The van der Waals surface area contributed by atoms with Gasteiger partial charge >= 0.3 is 5.69 Å². The maximum Gasteiger partial charge on any atom is 0.306 e. The van der Waals surface area contributed by atoms with E-state index in [0.717, 1.165) is 23.7 Å². The van der Waals surface area contributed by atoms with Crippen LogP contribution in [0.2, 0.25) is 0 Å². The van der Waals surface area contributed by atoms with Gasteiger partial charge in [0.15, 0.2) is 5.65 Å². The van der Waals surface area contributed by atoms with Gasteiger partial charge in [0.05, 0.1) is 16.0 Å². The molecule has 11 nitrogen and oxygen atoms in total. The third-order valence-electron chi connectivity index (χ3n) is 3.61. The number of nitrogens with one attached hydrogen (secondary N) is 2. The van der Waals surface area contributed by atoms with Gasteiger partial charge in [0.2, 0.25) is 5.91 Å². The Balaban J connectivity index is 1.67. The molecule has 0 aromatic carbocycles. The van der Waals surface area contributed by atoms with Gasteiger partial charge in [0, 0.05) is 20.0 Å². The van der Waals surface area contributed by atoms with Crippen LogP contribution in [-0.2, 0) is 24.8 Å². The lowest BCUT2D eigenvalue weighted by molar-refractivity contribution is -0.385. The third kappa shape index (κ3) is 2.83. The predicted octanol–water partition coefficient (Wildman–Crippen LogP) is 0.992. The Bertz CT molecular complexity index is 906. The molecule has 0 saturated heterocycles. The molecule has 0 unspecified atom stereocenters. The molecule has 3 aromatic heterocycles. The van der Waals surface area contributed by atoms with Crippen molar-refractivity contribution in [2.24, 2.45) is 7.05 Å². The van der Waals surface area contributed by atoms with Crippen molar-refractivity contribution in [2.45, 2.75) is 26.3 Å². The van der Waals surface area contributed by atoms with Gasteiger partial charge in [-0.2, -0.15) is 15.3 Å². The topological polar surface area (TPSA) is 137 Å². The van der Waals surface area contributed by atoms with Crippen molar-refractivity contribution >= 4 is 28.4 Å². The largest absolute Gasteiger partial charge is 0.310 e. The van der Waals surface area contributed by atoms with Crippen molar-refractivity contribution in [1.29, 1.82) is 0 Å². The number of nitrogens with zero attached hydrogens (tertiary/aromatic N) is 6. The quantitative estimate of drug-likeness (QED) is 0.510. The van der Waals surface area contributed by atoms with Crippen LogP contribution < -0.4 is 5.32 Å². The summed E-state index contributed by atoms with van der Waals surface area (Å²) in [5, 5.41) is 29.3. The van der Waals surface area contributed by atoms with E-state index in [1.807, 2.05) is 6.92 Å². The highest BCUT2D eigenvalue weighted by Crippen LogP contribution is 2.24. The zero-order valence-electron chi connectivity index (χ0n) is 13.2. The van der Waals surface area contributed by atoms with Crippen LogP contribution >= 0.6 is 0 Å².